The lowest BCUT2D eigenvalue weighted by atomic mass is 10.2. The van der Waals surface area contributed by atoms with E-state index < -0.39 is 0 Å². The molecule has 3 heterocycles. The molecule has 0 aliphatic carbocycles. The Kier molecular flexibility index (Phi) is 6.69. The van der Waals surface area contributed by atoms with E-state index in [1.54, 1.807) is 17.4 Å². The maximum atomic E-state index is 12.4. The summed E-state index contributed by atoms with van der Waals surface area (Å²) in [5.41, 5.74) is 2.50. The molecule has 6 nitrogen and oxygen atoms in total. The van der Waals surface area contributed by atoms with E-state index in [4.69, 9.17) is 20.8 Å². The Morgan fingerprint density at radius 3 is 3.00 bits per heavy atom. The summed E-state index contributed by atoms with van der Waals surface area (Å²) >= 11 is 10.5. The van der Waals surface area contributed by atoms with Crippen LogP contribution in [0.3, 0.4) is 0 Å². The molecule has 1 fully saturated rings. The fourth-order valence-corrected chi connectivity index (χ4v) is 6.16. The van der Waals surface area contributed by atoms with Crippen LogP contribution in [0, 0.1) is 6.92 Å². The number of benzene rings is 2. The van der Waals surface area contributed by atoms with Crippen molar-refractivity contribution in [1.82, 2.24) is 10.3 Å². The van der Waals surface area contributed by atoms with Crippen LogP contribution in [0.25, 0.3) is 16.3 Å². The molecule has 10 heteroatoms. The van der Waals surface area contributed by atoms with Crippen LogP contribution in [0.5, 0.6) is 5.75 Å². The maximum absolute atomic E-state index is 12.4. The van der Waals surface area contributed by atoms with Gasteiger partial charge in [-0.3, -0.25) is 4.79 Å². The average molecular weight is 528 g/mol. The van der Waals surface area contributed by atoms with E-state index in [9.17, 15) is 4.79 Å². The number of amides is 1. The number of hydrogen-bond donors (Lipinski definition) is 1. The largest absolute Gasteiger partial charge is 0.494 e. The van der Waals surface area contributed by atoms with Gasteiger partial charge in [0, 0.05) is 11.1 Å². The highest BCUT2D eigenvalue weighted by Gasteiger charge is 2.24. The summed E-state index contributed by atoms with van der Waals surface area (Å²) < 4.78 is 13.4. The Labute approximate surface area is 213 Å². The van der Waals surface area contributed by atoms with Crippen molar-refractivity contribution in [3.05, 3.63) is 69.8 Å². The molecular formula is C24H18ClN3O3S3. The van der Waals surface area contributed by atoms with Gasteiger partial charge in [-0.25, -0.2) is 9.98 Å². The van der Waals surface area contributed by atoms with Crippen molar-refractivity contribution < 1.29 is 13.9 Å². The number of nitrogens with one attached hydrogen (secondary N) is 1. The van der Waals surface area contributed by atoms with Crippen LogP contribution in [-0.4, -0.2) is 22.7 Å². The Hall–Kier alpha value is -2.72. The molecule has 2 aromatic heterocycles. The van der Waals surface area contributed by atoms with E-state index in [1.807, 2.05) is 62.4 Å². The molecule has 172 valence electrons. The molecule has 1 saturated heterocycles. The lowest BCUT2D eigenvalue weighted by Gasteiger charge is -2.02. The number of aliphatic imine (C=N–C) groups is 1. The molecule has 5 rings (SSSR count). The zero-order valence-corrected chi connectivity index (χ0v) is 21.3. The predicted octanol–water partition coefficient (Wildman–Crippen LogP) is 7.29. The van der Waals surface area contributed by atoms with Crippen LogP contribution < -0.4 is 10.1 Å². The van der Waals surface area contributed by atoms with Gasteiger partial charge in [0.05, 0.1) is 27.4 Å². The number of halogens is 1. The minimum Gasteiger partial charge on any atom is -0.494 e. The highest BCUT2D eigenvalue weighted by Crippen LogP contribution is 2.37. The number of fused-ring (bicyclic) bond motifs is 1. The van der Waals surface area contributed by atoms with E-state index in [2.05, 4.69) is 15.3 Å². The second-order valence-electron chi connectivity index (χ2n) is 7.17. The number of ether oxygens (including phenoxy) is 1. The number of furan rings is 1. The molecule has 2 aromatic carbocycles. The number of carbonyl (C=O) groups is 1. The molecule has 34 heavy (non-hydrogen) atoms. The van der Waals surface area contributed by atoms with Gasteiger partial charge in [0.2, 0.25) is 0 Å². The molecule has 1 amide bonds. The smallest absolute Gasteiger partial charge is 0.264 e. The molecule has 0 bridgehead atoms. The third-order valence-electron chi connectivity index (χ3n) is 4.83. The minimum absolute atomic E-state index is 0.217. The van der Waals surface area contributed by atoms with E-state index in [0.717, 1.165) is 31.6 Å². The van der Waals surface area contributed by atoms with Crippen LogP contribution in [0.1, 0.15) is 18.2 Å². The number of amidine groups is 1. The second-order valence-corrected chi connectivity index (χ2v) is 10.9. The standard InChI is InChI=1S/C24H18ClN3O3S3/c1-3-30-14-7-9-18-19(11-14)33-24(27-18)34-21-10-8-15(31-21)12-20-22(29)28-23(32-20)26-17-6-4-5-16(25)13(17)2/h4-12H,3H2,1-2H3,(H,26,28,29)/b20-12-. The number of nitrogens with zero attached hydrogens (tertiary/aromatic N) is 2. The summed E-state index contributed by atoms with van der Waals surface area (Å²) in [6.45, 7) is 4.48. The summed E-state index contributed by atoms with van der Waals surface area (Å²) in [4.78, 5) is 22.1. The van der Waals surface area contributed by atoms with Gasteiger partial charge < -0.3 is 14.5 Å². The molecule has 1 N–H and O–H groups in total. The number of rotatable bonds is 6. The van der Waals surface area contributed by atoms with Crippen molar-refractivity contribution in [2.75, 3.05) is 6.61 Å². The predicted molar refractivity (Wildman–Crippen MR) is 141 cm³/mol. The second kappa shape index (κ2) is 9.87. The van der Waals surface area contributed by atoms with Gasteiger partial charge in [-0.05, 0) is 85.4 Å². The molecule has 0 unspecified atom stereocenters. The Balaban J connectivity index is 1.30. The molecular weight excluding hydrogens is 510 g/mol. The van der Waals surface area contributed by atoms with Crippen molar-refractivity contribution >= 4 is 79.5 Å². The highest BCUT2D eigenvalue weighted by atomic mass is 35.5. The van der Waals surface area contributed by atoms with Gasteiger partial charge in [0.15, 0.2) is 14.6 Å². The fraction of sp³-hybridized carbons (Fsp3) is 0.125. The van der Waals surface area contributed by atoms with Crippen LogP contribution >= 0.6 is 46.5 Å². The molecule has 4 aromatic rings. The number of thioether (sulfide) groups is 1. The first kappa shape index (κ1) is 23.0. The van der Waals surface area contributed by atoms with Gasteiger partial charge in [-0.1, -0.05) is 17.7 Å². The molecule has 0 atom stereocenters. The monoisotopic (exact) mass is 527 g/mol. The van der Waals surface area contributed by atoms with Crippen LogP contribution in [0.4, 0.5) is 5.69 Å². The SMILES string of the molecule is CCOc1ccc2nc(Sc3ccc(/C=C4\SC(=Nc5cccc(Cl)c5C)NC4=O)o3)sc2c1. The van der Waals surface area contributed by atoms with Gasteiger partial charge in [0.25, 0.3) is 5.91 Å². The number of hydrogen-bond acceptors (Lipinski definition) is 8. The summed E-state index contributed by atoms with van der Waals surface area (Å²) in [5, 5.41) is 4.63. The van der Waals surface area contributed by atoms with E-state index in [-0.39, 0.29) is 5.91 Å². The summed E-state index contributed by atoms with van der Waals surface area (Å²) in [6, 6.07) is 15.1. The molecule has 1 aliphatic heterocycles. The molecule has 0 saturated carbocycles. The molecule has 1 aliphatic rings. The summed E-state index contributed by atoms with van der Waals surface area (Å²) in [7, 11) is 0. The third-order valence-corrected chi connectivity index (χ3v) is 8.15. The van der Waals surface area contributed by atoms with Crippen molar-refractivity contribution in [2.45, 2.75) is 23.3 Å². The number of carbonyl (C=O) groups excluding carboxylic acids is 1. The fourth-order valence-electron chi connectivity index (χ4n) is 3.17. The summed E-state index contributed by atoms with van der Waals surface area (Å²) in [5.74, 6) is 1.20. The zero-order chi connectivity index (χ0) is 23.7. The topological polar surface area (TPSA) is 76.7 Å². The lowest BCUT2D eigenvalue weighted by molar-refractivity contribution is -0.115. The quantitative estimate of drug-likeness (QED) is 0.265. The Morgan fingerprint density at radius 1 is 1.26 bits per heavy atom. The first-order chi connectivity index (χ1) is 16.5. The Morgan fingerprint density at radius 2 is 2.15 bits per heavy atom. The summed E-state index contributed by atoms with van der Waals surface area (Å²) in [6.07, 6.45) is 1.71. The Bertz CT molecular complexity index is 1460. The maximum Gasteiger partial charge on any atom is 0.264 e. The van der Waals surface area contributed by atoms with Crippen LogP contribution in [0.15, 0.2) is 72.3 Å². The number of thiazole rings is 1. The first-order valence-electron chi connectivity index (χ1n) is 10.3. The van der Waals surface area contributed by atoms with E-state index >= 15 is 0 Å². The van der Waals surface area contributed by atoms with E-state index in [1.165, 1.54) is 23.5 Å². The number of aromatic nitrogens is 1. The van der Waals surface area contributed by atoms with Crippen molar-refractivity contribution in [1.29, 1.82) is 0 Å². The van der Waals surface area contributed by atoms with Crippen LogP contribution in [-0.2, 0) is 4.79 Å². The average Bonchev–Trinajstić information content (AvgIpc) is 3.51. The van der Waals surface area contributed by atoms with Gasteiger partial charge in [0.1, 0.15) is 11.5 Å². The third kappa shape index (κ3) is 5.02. The first-order valence-corrected chi connectivity index (χ1v) is 13.2. The van der Waals surface area contributed by atoms with Gasteiger partial charge >= 0.3 is 0 Å². The van der Waals surface area contributed by atoms with Crippen LogP contribution in [0.2, 0.25) is 5.02 Å². The normalized spacial score (nSPS) is 16.0. The van der Waals surface area contributed by atoms with Crippen molar-refractivity contribution in [3.63, 3.8) is 0 Å². The van der Waals surface area contributed by atoms with Gasteiger partial charge in [-0.15, -0.1) is 11.3 Å². The van der Waals surface area contributed by atoms with Crippen molar-refractivity contribution in [3.8, 4) is 5.75 Å². The minimum atomic E-state index is -0.217. The van der Waals surface area contributed by atoms with Crippen molar-refractivity contribution in [2.24, 2.45) is 4.99 Å². The van der Waals surface area contributed by atoms with E-state index in [0.29, 0.717) is 32.6 Å². The molecule has 0 spiro atoms. The lowest BCUT2D eigenvalue weighted by Crippen LogP contribution is -2.19. The molecule has 0 radical (unpaired) electrons. The zero-order valence-electron chi connectivity index (χ0n) is 18.1. The highest BCUT2D eigenvalue weighted by molar-refractivity contribution is 8.18. The van der Waals surface area contributed by atoms with Gasteiger partial charge in [-0.2, -0.15) is 0 Å².